The van der Waals surface area contributed by atoms with Gasteiger partial charge in [0.2, 0.25) is 5.91 Å². The van der Waals surface area contributed by atoms with Crippen molar-refractivity contribution in [3.8, 4) is 0 Å². The topological polar surface area (TPSA) is 68.0 Å². The predicted molar refractivity (Wildman–Crippen MR) is 75.1 cm³/mol. The molecule has 0 radical (unpaired) electrons. The predicted octanol–water partition coefficient (Wildman–Crippen LogP) is 2.61. The molecular formula is C13H12BrN3O. The van der Waals surface area contributed by atoms with Crippen molar-refractivity contribution in [2.24, 2.45) is 0 Å². The molecule has 4 nitrogen and oxygen atoms in total. The van der Waals surface area contributed by atoms with E-state index in [1.54, 1.807) is 30.5 Å². The molecule has 1 aromatic carbocycles. The summed E-state index contributed by atoms with van der Waals surface area (Å²) >= 11 is 3.24. The summed E-state index contributed by atoms with van der Waals surface area (Å²) in [4.78, 5) is 15.8. The maximum absolute atomic E-state index is 11.8. The van der Waals surface area contributed by atoms with Crippen LogP contribution in [0.4, 0.5) is 11.4 Å². The number of carbonyl (C=O) groups is 1. The molecule has 1 heterocycles. The molecule has 92 valence electrons. The molecule has 3 N–H and O–H groups in total. The fraction of sp³-hybridized carbons (Fsp3) is 0.0769. The van der Waals surface area contributed by atoms with E-state index in [0.717, 1.165) is 10.2 Å². The summed E-state index contributed by atoms with van der Waals surface area (Å²) in [5.74, 6) is -0.0797. The van der Waals surface area contributed by atoms with Crippen molar-refractivity contribution in [1.29, 1.82) is 0 Å². The van der Waals surface area contributed by atoms with E-state index in [0.29, 0.717) is 17.8 Å². The van der Waals surface area contributed by atoms with Crippen molar-refractivity contribution < 1.29 is 4.79 Å². The van der Waals surface area contributed by atoms with Gasteiger partial charge in [-0.3, -0.25) is 4.79 Å². The van der Waals surface area contributed by atoms with Crippen LogP contribution in [0.15, 0.2) is 47.2 Å². The first kappa shape index (κ1) is 12.6. The molecule has 0 fully saturated rings. The largest absolute Gasteiger partial charge is 0.399 e. The van der Waals surface area contributed by atoms with Crippen molar-refractivity contribution in [3.05, 3.63) is 52.8 Å². The minimum atomic E-state index is -0.0797. The summed E-state index contributed by atoms with van der Waals surface area (Å²) in [6.45, 7) is 0. The number of benzene rings is 1. The lowest BCUT2D eigenvalue weighted by Crippen LogP contribution is -2.14. The SMILES string of the molecule is Nc1ccc(CC(=O)Nc2ccc(Br)nc2)cc1. The zero-order chi connectivity index (χ0) is 13.0. The van der Waals surface area contributed by atoms with Crippen molar-refractivity contribution >= 4 is 33.2 Å². The third-order valence-electron chi connectivity index (χ3n) is 2.36. The molecule has 0 saturated carbocycles. The van der Waals surface area contributed by atoms with Crippen LogP contribution in [-0.2, 0) is 11.2 Å². The minimum Gasteiger partial charge on any atom is -0.399 e. The Labute approximate surface area is 113 Å². The summed E-state index contributed by atoms with van der Waals surface area (Å²) in [5, 5.41) is 2.78. The van der Waals surface area contributed by atoms with E-state index in [9.17, 15) is 4.79 Å². The van der Waals surface area contributed by atoms with Gasteiger partial charge in [0.05, 0.1) is 18.3 Å². The third kappa shape index (κ3) is 3.56. The molecule has 0 spiro atoms. The van der Waals surface area contributed by atoms with Crippen molar-refractivity contribution in [1.82, 2.24) is 4.98 Å². The maximum Gasteiger partial charge on any atom is 0.228 e. The van der Waals surface area contributed by atoms with Crippen LogP contribution >= 0.6 is 15.9 Å². The number of hydrogen-bond donors (Lipinski definition) is 2. The highest BCUT2D eigenvalue weighted by molar-refractivity contribution is 9.10. The van der Waals surface area contributed by atoms with Crippen LogP contribution in [-0.4, -0.2) is 10.9 Å². The first-order valence-electron chi connectivity index (χ1n) is 5.39. The number of aromatic nitrogens is 1. The van der Waals surface area contributed by atoms with E-state index in [-0.39, 0.29) is 5.91 Å². The van der Waals surface area contributed by atoms with Gasteiger partial charge in [-0.2, -0.15) is 0 Å². The van der Waals surface area contributed by atoms with Gasteiger partial charge in [0.1, 0.15) is 4.60 Å². The number of hydrogen-bond acceptors (Lipinski definition) is 3. The van der Waals surface area contributed by atoms with Gasteiger partial charge in [0.15, 0.2) is 0 Å². The number of nitrogens with zero attached hydrogens (tertiary/aromatic N) is 1. The van der Waals surface area contributed by atoms with E-state index in [2.05, 4.69) is 26.2 Å². The Morgan fingerprint density at radius 1 is 1.22 bits per heavy atom. The van der Waals surface area contributed by atoms with Crippen LogP contribution in [0.5, 0.6) is 0 Å². The number of nitrogen functional groups attached to an aromatic ring is 1. The number of pyridine rings is 1. The molecule has 18 heavy (non-hydrogen) atoms. The van der Waals surface area contributed by atoms with E-state index in [1.165, 1.54) is 0 Å². The van der Waals surface area contributed by atoms with Crippen molar-refractivity contribution in [2.75, 3.05) is 11.1 Å². The Bertz CT molecular complexity index is 488. The number of carbonyl (C=O) groups excluding carboxylic acids is 1. The van der Waals surface area contributed by atoms with E-state index in [1.807, 2.05) is 12.1 Å². The highest BCUT2D eigenvalue weighted by Crippen LogP contribution is 2.11. The Morgan fingerprint density at radius 2 is 1.94 bits per heavy atom. The van der Waals surface area contributed by atoms with Gasteiger partial charge in [-0.1, -0.05) is 12.1 Å². The highest BCUT2D eigenvalue weighted by atomic mass is 79.9. The summed E-state index contributed by atoms with van der Waals surface area (Å²) < 4.78 is 0.735. The molecule has 2 aromatic rings. The van der Waals surface area contributed by atoms with Gasteiger partial charge in [0.25, 0.3) is 0 Å². The molecule has 0 saturated heterocycles. The molecule has 0 aliphatic carbocycles. The Balaban J connectivity index is 1.96. The van der Waals surface area contributed by atoms with Crippen molar-refractivity contribution in [2.45, 2.75) is 6.42 Å². The maximum atomic E-state index is 11.8. The molecule has 0 aliphatic rings. The lowest BCUT2D eigenvalue weighted by molar-refractivity contribution is -0.115. The highest BCUT2D eigenvalue weighted by Gasteiger charge is 2.04. The minimum absolute atomic E-state index is 0.0797. The quantitative estimate of drug-likeness (QED) is 0.676. The average Bonchev–Trinajstić information content (AvgIpc) is 2.35. The van der Waals surface area contributed by atoms with Crippen LogP contribution in [0.2, 0.25) is 0 Å². The monoisotopic (exact) mass is 305 g/mol. The number of anilines is 2. The average molecular weight is 306 g/mol. The van der Waals surface area contributed by atoms with Gasteiger partial charge < -0.3 is 11.1 Å². The summed E-state index contributed by atoms with van der Waals surface area (Å²) in [6, 6.07) is 10.8. The normalized spacial score (nSPS) is 10.1. The van der Waals surface area contributed by atoms with Gasteiger partial charge in [-0.05, 0) is 45.8 Å². The summed E-state index contributed by atoms with van der Waals surface area (Å²) in [6.07, 6.45) is 1.92. The number of nitrogens with one attached hydrogen (secondary N) is 1. The van der Waals surface area contributed by atoms with Gasteiger partial charge in [0, 0.05) is 5.69 Å². The third-order valence-corrected chi connectivity index (χ3v) is 2.82. The molecule has 1 aromatic heterocycles. The second-order valence-corrected chi connectivity index (χ2v) is 4.65. The van der Waals surface area contributed by atoms with Crippen LogP contribution in [0.1, 0.15) is 5.56 Å². The molecule has 5 heteroatoms. The standard InChI is InChI=1S/C13H12BrN3O/c14-12-6-5-11(8-16-12)17-13(18)7-9-1-3-10(15)4-2-9/h1-6,8H,7,15H2,(H,17,18). The molecule has 2 rings (SSSR count). The fourth-order valence-corrected chi connectivity index (χ4v) is 1.71. The zero-order valence-electron chi connectivity index (χ0n) is 9.56. The lowest BCUT2D eigenvalue weighted by Gasteiger charge is -2.05. The summed E-state index contributed by atoms with van der Waals surface area (Å²) in [7, 11) is 0. The van der Waals surface area contributed by atoms with Gasteiger partial charge >= 0.3 is 0 Å². The first-order chi connectivity index (χ1) is 8.63. The number of nitrogens with two attached hydrogens (primary N) is 1. The Kier molecular flexibility index (Phi) is 3.94. The summed E-state index contributed by atoms with van der Waals surface area (Å²) in [5.41, 5.74) is 7.88. The van der Waals surface area contributed by atoms with Gasteiger partial charge in [-0.15, -0.1) is 0 Å². The molecule has 0 unspecified atom stereocenters. The molecule has 1 amide bonds. The second kappa shape index (κ2) is 5.64. The number of amides is 1. The molecule has 0 atom stereocenters. The van der Waals surface area contributed by atoms with E-state index < -0.39 is 0 Å². The number of rotatable bonds is 3. The second-order valence-electron chi connectivity index (χ2n) is 3.84. The van der Waals surface area contributed by atoms with E-state index in [4.69, 9.17) is 5.73 Å². The zero-order valence-corrected chi connectivity index (χ0v) is 11.1. The first-order valence-corrected chi connectivity index (χ1v) is 6.18. The van der Waals surface area contributed by atoms with Crippen molar-refractivity contribution in [3.63, 3.8) is 0 Å². The smallest absolute Gasteiger partial charge is 0.228 e. The molecular weight excluding hydrogens is 294 g/mol. The van der Waals surface area contributed by atoms with Crippen LogP contribution in [0, 0.1) is 0 Å². The van der Waals surface area contributed by atoms with Crippen LogP contribution in [0.25, 0.3) is 0 Å². The number of halogens is 1. The Morgan fingerprint density at radius 3 is 2.56 bits per heavy atom. The van der Waals surface area contributed by atoms with Crippen LogP contribution in [0.3, 0.4) is 0 Å². The van der Waals surface area contributed by atoms with Crippen LogP contribution < -0.4 is 11.1 Å². The Hall–Kier alpha value is -1.88. The lowest BCUT2D eigenvalue weighted by atomic mass is 10.1. The molecule has 0 aliphatic heterocycles. The fourth-order valence-electron chi connectivity index (χ4n) is 1.48. The van der Waals surface area contributed by atoms with Gasteiger partial charge in [-0.25, -0.2) is 4.98 Å². The van der Waals surface area contributed by atoms with E-state index >= 15 is 0 Å². The molecule has 0 bridgehead atoms.